The second-order valence-corrected chi connectivity index (χ2v) is 7.20. The summed E-state index contributed by atoms with van der Waals surface area (Å²) in [6, 6.07) is 15.1. The van der Waals surface area contributed by atoms with Crippen molar-refractivity contribution in [2.24, 2.45) is 5.73 Å². The molecule has 0 saturated carbocycles. The molecule has 2 aromatic carbocycles. The summed E-state index contributed by atoms with van der Waals surface area (Å²) in [6.45, 7) is 3.73. The molecule has 7 nitrogen and oxygen atoms in total. The van der Waals surface area contributed by atoms with E-state index in [-0.39, 0.29) is 17.3 Å². The molecule has 0 atom stereocenters. The Kier molecular flexibility index (Phi) is 5.90. The summed E-state index contributed by atoms with van der Waals surface area (Å²) in [7, 11) is 0. The van der Waals surface area contributed by atoms with Gasteiger partial charge in [0.1, 0.15) is 10.8 Å². The van der Waals surface area contributed by atoms with Crippen LogP contribution >= 0.6 is 11.3 Å². The Balaban J connectivity index is 1.68. The van der Waals surface area contributed by atoms with Crippen LogP contribution < -0.4 is 21.1 Å². The molecule has 0 aliphatic heterocycles. The number of nitrogens with one attached hydrogen (secondary N) is 2. The van der Waals surface area contributed by atoms with Gasteiger partial charge in [-0.15, -0.1) is 0 Å². The highest BCUT2D eigenvalue weighted by Gasteiger charge is 2.18. The maximum atomic E-state index is 12.2. The molecule has 0 aliphatic carbocycles. The van der Waals surface area contributed by atoms with E-state index in [1.807, 2.05) is 56.3 Å². The Morgan fingerprint density at radius 1 is 1.11 bits per heavy atom. The predicted octanol–water partition coefficient (Wildman–Crippen LogP) is 3.62. The molecular formula is C20H20N4O3S. The Labute approximate surface area is 166 Å². The molecule has 3 aromatic rings. The van der Waals surface area contributed by atoms with Crippen molar-refractivity contribution in [1.82, 2.24) is 4.98 Å². The number of thiazole rings is 1. The van der Waals surface area contributed by atoms with Crippen LogP contribution in [0.25, 0.3) is 0 Å². The fourth-order valence-electron chi connectivity index (χ4n) is 2.40. The SMILES string of the molecule is Cc1ccc(Nc2nc(C(N)=O)c(NC(=O)COc3cccc(C)c3)s2)cc1. The summed E-state index contributed by atoms with van der Waals surface area (Å²) >= 11 is 1.13. The van der Waals surface area contributed by atoms with Crippen LogP contribution in [0, 0.1) is 13.8 Å². The zero-order chi connectivity index (χ0) is 20.1. The first-order chi connectivity index (χ1) is 13.4. The maximum absolute atomic E-state index is 12.2. The van der Waals surface area contributed by atoms with E-state index in [0.717, 1.165) is 28.2 Å². The summed E-state index contributed by atoms with van der Waals surface area (Å²) in [4.78, 5) is 28.1. The van der Waals surface area contributed by atoms with E-state index < -0.39 is 11.8 Å². The minimum Gasteiger partial charge on any atom is -0.484 e. The standard InChI is InChI=1S/C20H20N4O3S/c1-12-6-8-14(9-7-12)22-20-24-17(18(21)26)19(28-20)23-16(25)11-27-15-5-3-4-13(2)10-15/h3-10H,11H2,1-2H3,(H2,21,26)(H,22,24)(H,23,25). The average molecular weight is 396 g/mol. The van der Waals surface area contributed by atoms with E-state index in [4.69, 9.17) is 10.5 Å². The molecule has 1 heterocycles. The Hall–Kier alpha value is -3.39. The first-order valence-corrected chi connectivity index (χ1v) is 9.36. The lowest BCUT2D eigenvalue weighted by Crippen LogP contribution is -2.22. The number of nitrogens with two attached hydrogens (primary N) is 1. The van der Waals surface area contributed by atoms with Crippen molar-refractivity contribution in [3.8, 4) is 5.75 Å². The highest BCUT2D eigenvalue weighted by Crippen LogP contribution is 2.30. The number of aromatic nitrogens is 1. The monoisotopic (exact) mass is 396 g/mol. The van der Waals surface area contributed by atoms with Crippen LogP contribution in [0.5, 0.6) is 5.75 Å². The quantitative estimate of drug-likeness (QED) is 0.565. The molecule has 0 bridgehead atoms. The number of hydrogen-bond donors (Lipinski definition) is 3. The number of benzene rings is 2. The van der Waals surface area contributed by atoms with E-state index in [2.05, 4.69) is 15.6 Å². The van der Waals surface area contributed by atoms with Gasteiger partial charge in [0.15, 0.2) is 17.4 Å². The van der Waals surface area contributed by atoms with Gasteiger partial charge in [-0.05, 0) is 43.7 Å². The molecular weight excluding hydrogens is 376 g/mol. The van der Waals surface area contributed by atoms with Crippen LogP contribution in [-0.4, -0.2) is 23.4 Å². The number of rotatable bonds is 7. The summed E-state index contributed by atoms with van der Waals surface area (Å²) in [5, 5.41) is 6.47. The van der Waals surface area contributed by atoms with Crippen molar-refractivity contribution in [3.05, 3.63) is 65.4 Å². The molecule has 2 amide bonds. The van der Waals surface area contributed by atoms with Crippen LogP contribution in [-0.2, 0) is 4.79 Å². The van der Waals surface area contributed by atoms with Gasteiger partial charge in [0, 0.05) is 5.69 Å². The zero-order valence-electron chi connectivity index (χ0n) is 15.5. The molecule has 4 N–H and O–H groups in total. The highest BCUT2D eigenvalue weighted by atomic mass is 32.1. The second-order valence-electron chi connectivity index (χ2n) is 6.21. The van der Waals surface area contributed by atoms with E-state index >= 15 is 0 Å². The van der Waals surface area contributed by atoms with Crippen LogP contribution in [0.2, 0.25) is 0 Å². The van der Waals surface area contributed by atoms with Crippen molar-refractivity contribution >= 4 is 39.0 Å². The van der Waals surface area contributed by atoms with E-state index in [1.165, 1.54) is 0 Å². The lowest BCUT2D eigenvalue weighted by molar-refractivity contribution is -0.118. The Morgan fingerprint density at radius 3 is 2.54 bits per heavy atom. The molecule has 28 heavy (non-hydrogen) atoms. The van der Waals surface area contributed by atoms with Gasteiger partial charge in [-0.3, -0.25) is 9.59 Å². The minimum absolute atomic E-state index is 0.00326. The minimum atomic E-state index is -0.719. The molecule has 3 rings (SSSR count). The fraction of sp³-hybridized carbons (Fsp3) is 0.150. The first-order valence-electron chi connectivity index (χ1n) is 8.54. The van der Waals surface area contributed by atoms with Crippen molar-refractivity contribution in [3.63, 3.8) is 0 Å². The lowest BCUT2D eigenvalue weighted by atomic mass is 10.2. The molecule has 0 spiro atoms. The Bertz CT molecular complexity index is 999. The smallest absolute Gasteiger partial charge is 0.270 e. The number of carbonyl (C=O) groups is 2. The fourth-order valence-corrected chi connectivity index (χ4v) is 3.31. The van der Waals surface area contributed by atoms with E-state index in [9.17, 15) is 9.59 Å². The number of amides is 2. The topological polar surface area (TPSA) is 106 Å². The van der Waals surface area contributed by atoms with Crippen molar-refractivity contribution in [1.29, 1.82) is 0 Å². The Morgan fingerprint density at radius 2 is 1.86 bits per heavy atom. The van der Waals surface area contributed by atoms with Crippen molar-refractivity contribution in [2.75, 3.05) is 17.2 Å². The third kappa shape index (κ3) is 5.08. The number of nitrogens with zero attached hydrogens (tertiary/aromatic N) is 1. The number of aryl methyl sites for hydroxylation is 2. The van der Waals surface area contributed by atoms with Gasteiger partial charge in [0.25, 0.3) is 11.8 Å². The summed E-state index contributed by atoms with van der Waals surface area (Å²) < 4.78 is 5.48. The highest BCUT2D eigenvalue weighted by molar-refractivity contribution is 7.20. The molecule has 0 radical (unpaired) electrons. The number of anilines is 3. The number of primary amides is 1. The summed E-state index contributed by atoms with van der Waals surface area (Å²) in [6.07, 6.45) is 0. The zero-order valence-corrected chi connectivity index (χ0v) is 16.3. The molecule has 0 fully saturated rings. The van der Waals surface area contributed by atoms with Crippen LogP contribution in [0.15, 0.2) is 48.5 Å². The van der Waals surface area contributed by atoms with Crippen LogP contribution in [0.3, 0.4) is 0 Å². The van der Waals surface area contributed by atoms with Gasteiger partial charge < -0.3 is 21.1 Å². The van der Waals surface area contributed by atoms with Gasteiger partial charge in [-0.25, -0.2) is 4.98 Å². The van der Waals surface area contributed by atoms with E-state index in [1.54, 1.807) is 6.07 Å². The van der Waals surface area contributed by atoms with Crippen molar-refractivity contribution in [2.45, 2.75) is 13.8 Å². The second kappa shape index (κ2) is 8.53. The van der Waals surface area contributed by atoms with Crippen LogP contribution in [0.1, 0.15) is 21.6 Å². The largest absolute Gasteiger partial charge is 0.484 e. The first kappa shape index (κ1) is 19.4. The number of hydrogen-bond acceptors (Lipinski definition) is 6. The molecule has 8 heteroatoms. The molecule has 0 aliphatic rings. The van der Waals surface area contributed by atoms with Gasteiger partial charge >= 0.3 is 0 Å². The average Bonchev–Trinajstić information content (AvgIpc) is 3.04. The molecule has 0 unspecified atom stereocenters. The summed E-state index contributed by atoms with van der Waals surface area (Å²) in [5.74, 6) is -0.533. The third-order valence-corrected chi connectivity index (χ3v) is 4.66. The third-order valence-electron chi connectivity index (χ3n) is 3.78. The van der Waals surface area contributed by atoms with Crippen molar-refractivity contribution < 1.29 is 14.3 Å². The normalized spacial score (nSPS) is 10.4. The van der Waals surface area contributed by atoms with Crippen LogP contribution in [0.4, 0.5) is 15.8 Å². The maximum Gasteiger partial charge on any atom is 0.270 e. The van der Waals surface area contributed by atoms with Gasteiger partial charge in [0.2, 0.25) is 0 Å². The summed E-state index contributed by atoms with van der Waals surface area (Å²) in [5.41, 5.74) is 8.37. The molecule has 0 saturated heterocycles. The lowest BCUT2D eigenvalue weighted by Gasteiger charge is -2.07. The van der Waals surface area contributed by atoms with Gasteiger partial charge in [0.05, 0.1) is 0 Å². The molecule has 1 aromatic heterocycles. The number of carbonyl (C=O) groups excluding carboxylic acids is 2. The van der Waals surface area contributed by atoms with Gasteiger partial charge in [-0.2, -0.15) is 0 Å². The number of ether oxygens (including phenoxy) is 1. The van der Waals surface area contributed by atoms with Gasteiger partial charge in [-0.1, -0.05) is 41.2 Å². The van der Waals surface area contributed by atoms with E-state index in [0.29, 0.717) is 10.9 Å². The molecule has 144 valence electrons. The predicted molar refractivity (Wildman–Crippen MR) is 110 cm³/mol.